The van der Waals surface area contributed by atoms with Crippen LogP contribution in [0.2, 0.25) is 0 Å². The number of nitrogens with one attached hydrogen (secondary N) is 1. The minimum atomic E-state index is -3.22. The van der Waals surface area contributed by atoms with Crippen molar-refractivity contribution in [1.29, 1.82) is 0 Å². The van der Waals surface area contributed by atoms with Crippen LogP contribution in [0.4, 0.5) is 15.8 Å². The minimum absolute atomic E-state index is 0.143. The number of rotatable bonds is 13. The van der Waals surface area contributed by atoms with E-state index in [0.29, 0.717) is 17.1 Å². The number of carboxylic acids is 1. The highest BCUT2D eigenvalue weighted by Crippen LogP contribution is 2.61. The smallest absolute Gasteiger partial charge is 0.323 e. The molecular weight excluding hydrogens is 527 g/mol. The Kier molecular flexibility index (Phi) is 10.9. The van der Waals surface area contributed by atoms with Gasteiger partial charge in [0.05, 0.1) is 17.2 Å². The summed E-state index contributed by atoms with van der Waals surface area (Å²) >= 11 is 1.48. The Morgan fingerprint density at radius 1 is 1.16 bits per heavy atom. The molecule has 0 aromatic heterocycles. The number of aliphatic hydroxyl groups is 1. The standard InChI is InChI=1S/C28H41FN2O5S2/c1-4-6-12-28(13-7-5-2)18-31(22-10-8-21(29)9-11-22)24-15-25(37-3)20(14-26(24)38(35,36)19-28)16-30-23(17-32)27(33)34/h8-11,14-15,23,30,32,35-36H,4-7,12-13,16-19H2,1-3H3,(H,33,34). The lowest BCUT2D eigenvalue weighted by molar-refractivity contribution is -0.140. The van der Waals surface area contributed by atoms with Gasteiger partial charge in [0.2, 0.25) is 0 Å². The van der Waals surface area contributed by atoms with Crippen LogP contribution in [-0.2, 0) is 11.3 Å². The molecule has 5 N–H and O–H groups in total. The predicted molar refractivity (Wildman–Crippen MR) is 154 cm³/mol. The number of hydrogen-bond donors (Lipinski definition) is 5. The van der Waals surface area contributed by atoms with E-state index in [1.165, 1.54) is 23.9 Å². The third-order valence-corrected chi connectivity index (χ3v) is 10.2. The molecule has 0 amide bonds. The van der Waals surface area contributed by atoms with Crippen LogP contribution in [0.3, 0.4) is 0 Å². The van der Waals surface area contributed by atoms with Gasteiger partial charge in [-0.05, 0) is 61.1 Å². The average molecular weight is 569 g/mol. The second kappa shape index (κ2) is 13.5. The summed E-state index contributed by atoms with van der Waals surface area (Å²) in [7, 11) is -3.22. The third-order valence-electron chi connectivity index (χ3n) is 7.29. The van der Waals surface area contributed by atoms with E-state index in [0.717, 1.165) is 54.7 Å². The summed E-state index contributed by atoms with van der Waals surface area (Å²) in [6, 6.07) is 8.88. The molecular formula is C28H41FN2O5S2. The molecule has 2 aromatic carbocycles. The monoisotopic (exact) mass is 568 g/mol. The quantitative estimate of drug-likeness (QED) is 0.170. The first-order chi connectivity index (χ1) is 18.1. The fourth-order valence-electron chi connectivity index (χ4n) is 5.21. The van der Waals surface area contributed by atoms with Crippen molar-refractivity contribution in [2.75, 3.05) is 30.1 Å². The summed E-state index contributed by atoms with van der Waals surface area (Å²) in [5.41, 5.74) is 1.84. The van der Waals surface area contributed by atoms with Gasteiger partial charge in [0.25, 0.3) is 0 Å². The molecule has 0 saturated heterocycles. The molecule has 7 nitrogen and oxygen atoms in total. The van der Waals surface area contributed by atoms with Crippen molar-refractivity contribution in [1.82, 2.24) is 5.32 Å². The van der Waals surface area contributed by atoms with Crippen LogP contribution in [-0.4, -0.2) is 56.5 Å². The van der Waals surface area contributed by atoms with Gasteiger partial charge in [0, 0.05) is 34.8 Å². The molecule has 1 aliphatic rings. The Bertz CT molecular complexity index is 1080. The van der Waals surface area contributed by atoms with Gasteiger partial charge in [-0.15, -0.1) is 11.8 Å². The minimum Gasteiger partial charge on any atom is -0.480 e. The van der Waals surface area contributed by atoms with Crippen LogP contribution in [0.25, 0.3) is 0 Å². The molecule has 0 bridgehead atoms. The number of anilines is 2. The topological polar surface area (TPSA) is 113 Å². The lowest BCUT2D eigenvalue weighted by Gasteiger charge is -2.42. The molecule has 38 heavy (non-hydrogen) atoms. The number of aliphatic hydroxyl groups excluding tert-OH is 1. The van der Waals surface area contributed by atoms with E-state index in [2.05, 4.69) is 24.1 Å². The second-order valence-electron chi connectivity index (χ2n) is 10.2. The molecule has 0 radical (unpaired) electrons. The van der Waals surface area contributed by atoms with Crippen LogP contribution in [0.1, 0.15) is 57.9 Å². The van der Waals surface area contributed by atoms with Gasteiger partial charge in [0.1, 0.15) is 11.9 Å². The van der Waals surface area contributed by atoms with Gasteiger partial charge in [0.15, 0.2) is 0 Å². The van der Waals surface area contributed by atoms with Gasteiger partial charge in [-0.1, -0.05) is 39.5 Å². The number of thioether (sulfide) groups is 1. The van der Waals surface area contributed by atoms with Crippen molar-refractivity contribution in [3.05, 3.63) is 47.8 Å². The van der Waals surface area contributed by atoms with E-state index < -0.39 is 29.2 Å². The normalized spacial score (nSPS) is 17.9. The Morgan fingerprint density at radius 2 is 1.79 bits per heavy atom. The van der Waals surface area contributed by atoms with Crippen LogP contribution in [0, 0.1) is 11.2 Å². The molecule has 2 aromatic rings. The number of halogens is 1. The molecule has 1 atom stereocenters. The molecule has 0 aliphatic carbocycles. The Labute approximate surface area is 231 Å². The zero-order valence-electron chi connectivity index (χ0n) is 22.5. The van der Waals surface area contributed by atoms with Crippen molar-refractivity contribution in [2.24, 2.45) is 5.41 Å². The number of hydrogen-bond acceptors (Lipinski definition) is 7. The van der Waals surface area contributed by atoms with Crippen molar-refractivity contribution in [2.45, 2.75) is 74.7 Å². The van der Waals surface area contributed by atoms with Crippen LogP contribution in [0.5, 0.6) is 0 Å². The maximum Gasteiger partial charge on any atom is 0.323 e. The lowest BCUT2D eigenvalue weighted by Crippen LogP contribution is -2.39. The molecule has 1 aliphatic heterocycles. The fourth-order valence-corrected chi connectivity index (χ4v) is 8.06. The first-order valence-corrected chi connectivity index (χ1v) is 16.1. The molecule has 0 saturated carbocycles. The first kappa shape index (κ1) is 30.7. The predicted octanol–water partition coefficient (Wildman–Crippen LogP) is 6.71. The third kappa shape index (κ3) is 7.22. The number of aliphatic carboxylic acids is 1. The van der Waals surface area contributed by atoms with E-state index >= 15 is 0 Å². The summed E-state index contributed by atoms with van der Waals surface area (Å²) < 4.78 is 37.4. The van der Waals surface area contributed by atoms with Crippen molar-refractivity contribution < 1.29 is 28.5 Å². The van der Waals surface area contributed by atoms with Crippen molar-refractivity contribution >= 4 is 39.7 Å². The summed E-state index contributed by atoms with van der Waals surface area (Å²) in [5, 5.41) is 21.6. The Morgan fingerprint density at radius 3 is 2.32 bits per heavy atom. The van der Waals surface area contributed by atoms with Gasteiger partial charge in [-0.3, -0.25) is 19.2 Å². The van der Waals surface area contributed by atoms with Crippen LogP contribution < -0.4 is 10.2 Å². The largest absolute Gasteiger partial charge is 0.480 e. The average Bonchev–Trinajstić information content (AvgIpc) is 2.98. The fraction of sp³-hybridized carbons (Fsp3) is 0.536. The highest BCUT2D eigenvalue weighted by atomic mass is 32.3. The highest BCUT2D eigenvalue weighted by Gasteiger charge is 2.42. The molecule has 1 heterocycles. The lowest BCUT2D eigenvalue weighted by atomic mass is 9.79. The van der Waals surface area contributed by atoms with Gasteiger partial charge < -0.3 is 15.1 Å². The summed E-state index contributed by atoms with van der Waals surface area (Å²) in [5.74, 6) is -1.25. The van der Waals surface area contributed by atoms with E-state index in [-0.39, 0.29) is 23.5 Å². The SMILES string of the molecule is CCCCC1(CCCC)CN(c2ccc(F)cc2)c2cc(SC)c(CNC(CO)C(=O)O)cc2S(O)(O)C1. The number of fused-ring (bicyclic) bond motifs is 1. The summed E-state index contributed by atoms with van der Waals surface area (Å²) in [6.45, 7) is 4.44. The highest BCUT2D eigenvalue weighted by molar-refractivity contribution is 8.24. The van der Waals surface area contributed by atoms with Crippen LogP contribution >= 0.6 is 22.4 Å². The van der Waals surface area contributed by atoms with E-state index in [9.17, 15) is 28.5 Å². The van der Waals surface area contributed by atoms with E-state index in [1.54, 1.807) is 18.2 Å². The molecule has 3 rings (SSSR count). The number of unbranched alkanes of at least 4 members (excludes halogenated alkanes) is 2. The van der Waals surface area contributed by atoms with Gasteiger partial charge in [-0.2, -0.15) is 10.6 Å². The Balaban J connectivity index is 2.18. The summed E-state index contributed by atoms with van der Waals surface area (Å²) in [6.07, 6.45) is 7.55. The number of carbonyl (C=O) groups is 1. The zero-order valence-corrected chi connectivity index (χ0v) is 24.1. The number of carboxylic acid groups (broad SMARTS) is 1. The van der Waals surface area contributed by atoms with Crippen LogP contribution in [0.15, 0.2) is 46.2 Å². The number of benzene rings is 2. The first-order valence-electron chi connectivity index (χ1n) is 13.2. The zero-order chi connectivity index (χ0) is 27.9. The maximum absolute atomic E-state index is 13.9. The van der Waals surface area contributed by atoms with Crippen molar-refractivity contribution in [3.63, 3.8) is 0 Å². The molecule has 0 spiro atoms. The summed E-state index contributed by atoms with van der Waals surface area (Å²) in [4.78, 5) is 14.8. The molecule has 10 heteroatoms. The van der Waals surface area contributed by atoms with Gasteiger partial charge >= 0.3 is 5.97 Å². The number of nitrogens with zero attached hydrogens (tertiary/aromatic N) is 1. The maximum atomic E-state index is 13.9. The molecule has 0 fully saturated rings. The second-order valence-corrected chi connectivity index (χ2v) is 13.1. The Hall–Kier alpha value is -1.82. The molecule has 1 unspecified atom stereocenters. The van der Waals surface area contributed by atoms with Gasteiger partial charge in [-0.25, -0.2) is 4.39 Å². The van der Waals surface area contributed by atoms with E-state index in [1.807, 2.05) is 12.3 Å². The van der Waals surface area contributed by atoms with Crippen molar-refractivity contribution in [3.8, 4) is 0 Å². The molecule has 212 valence electrons. The van der Waals surface area contributed by atoms with E-state index in [4.69, 9.17) is 0 Å².